The first-order valence-corrected chi connectivity index (χ1v) is 9.97. The van der Waals surface area contributed by atoms with E-state index in [-0.39, 0.29) is 36.8 Å². The summed E-state index contributed by atoms with van der Waals surface area (Å²) < 4.78 is 6.22. The highest BCUT2D eigenvalue weighted by Gasteiger charge is 2.23. The lowest BCUT2D eigenvalue weighted by molar-refractivity contribution is -0.143. The maximum absolute atomic E-state index is 13.3. The number of aromatic nitrogens is 1. The number of rotatable bonds is 7. The number of esters is 1. The van der Waals surface area contributed by atoms with E-state index in [1.54, 1.807) is 6.92 Å². The summed E-state index contributed by atoms with van der Waals surface area (Å²) in [6, 6.07) is 12.9. The molecule has 3 aromatic rings. The number of hydrogen-bond donors (Lipinski definition) is 1. The zero-order chi connectivity index (χ0) is 21.8. The first-order chi connectivity index (χ1) is 14.3. The molecule has 30 heavy (non-hydrogen) atoms. The molecule has 0 saturated heterocycles. The van der Waals surface area contributed by atoms with Crippen molar-refractivity contribution in [2.24, 2.45) is 0 Å². The number of carbonyl (C=O) groups excluding carboxylic acids is 1. The molecule has 0 unspecified atom stereocenters. The minimum Gasteiger partial charge on any atom is -0.477 e. The molecule has 0 aliphatic heterocycles. The van der Waals surface area contributed by atoms with Crippen molar-refractivity contribution in [3.63, 3.8) is 0 Å². The summed E-state index contributed by atoms with van der Waals surface area (Å²) in [4.78, 5) is 37.3. The molecule has 3 rings (SSSR count). The van der Waals surface area contributed by atoms with Gasteiger partial charge in [0.1, 0.15) is 5.69 Å². The van der Waals surface area contributed by atoms with Crippen molar-refractivity contribution < 1.29 is 19.4 Å². The van der Waals surface area contributed by atoms with Crippen molar-refractivity contribution in [3.8, 4) is 11.1 Å². The molecule has 0 amide bonds. The fraction of sp³-hybridized carbons (Fsp3) is 0.292. The van der Waals surface area contributed by atoms with Crippen LogP contribution in [0.3, 0.4) is 0 Å². The molecule has 6 heteroatoms. The van der Waals surface area contributed by atoms with Gasteiger partial charge in [-0.1, -0.05) is 36.4 Å². The van der Waals surface area contributed by atoms with Gasteiger partial charge in [0.2, 0.25) is 0 Å². The number of ether oxygens (including phenoxy) is 1. The number of carbonyl (C=O) groups is 2. The first-order valence-electron chi connectivity index (χ1n) is 9.97. The van der Waals surface area contributed by atoms with Crippen LogP contribution in [0.15, 0.2) is 47.3 Å². The molecule has 0 atom stereocenters. The summed E-state index contributed by atoms with van der Waals surface area (Å²) in [7, 11) is 0. The third-order valence-corrected chi connectivity index (χ3v) is 5.22. The monoisotopic (exact) mass is 407 g/mol. The molecule has 0 aliphatic carbocycles. The van der Waals surface area contributed by atoms with Crippen LogP contribution in [0.5, 0.6) is 0 Å². The summed E-state index contributed by atoms with van der Waals surface area (Å²) in [5, 5.41) is 11.1. The summed E-state index contributed by atoms with van der Waals surface area (Å²) >= 11 is 0. The number of carboxylic acid groups (broad SMARTS) is 1. The Hall–Kier alpha value is -3.41. The van der Waals surface area contributed by atoms with Crippen LogP contribution >= 0.6 is 0 Å². The van der Waals surface area contributed by atoms with E-state index < -0.39 is 5.97 Å². The van der Waals surface area contributed by atoms with Gasteiger partial charge in [-0.15, -0.1) is 0 Å². The Morgan fingerprint density at radius 2 is 1.67 bits per heavy atom. The Morgan fingerprint density at radius 1 is 1.03 bits per heavy atom. The van der Waals surface area contributed by atoms with Crippen LogP contribution in [-0.2, 0) is 16.1 Å². The first kappa shape index (κ1) is 21.3. The summed E-state index contributed by atoms with van der Waals surface area (Å²) in [5.41, 5.74) is 2.74. The molecule has 156 valence electrons. The SMILES string of the molecule is CCOC(=O)CCCn1c(C(=O)O)c(-c2ccccc2)c2cc(C)c(C)cc2c1=O. The summed E-state index contributed by atoms with van der Waals surface area (Å²) in [6.07, 6.45) is 0.425. The van der Waals surface area contributed by atoms with Crippen LogP contribution in [0.1, 0.15) is 41.4 Å². The molecule has 6 nitrogen and oxygen atoms in total. The fourth-order valence-corrected chi connectivity index (χ4v) is 3.66. The summed E-state index contributed by atoms with van der Waals surface area (Å²) in [6.45, 7) is 5.99. The van der Waals surface area contributed by atoms with Crippen LogP contribution in [0.25, 0.3) is 21.9 Å². The second kappa shape index (κ2) is 8.95. The minimum atomic E-state index is -1.18. The van der Waals surface area contributed by atoms with Gasteiger partial charge in [0.05, 0.1) is 6.61 Å². The molecule has 0 spiro atoms. The Balaban J connectivity index is 2.27. The van der Waals surface area contributed by atoms with Gasteiger partial charge < -0.3 is 14.4 Å². The van der Waals surface area contributed by atoms with Gasteiger partial charge in [0.25, 0.3) is 5.56 Å². The molecule has 1 N–H and O–H groups in total. The number of benzene rings is 2. The van der Waals surface area contributed by atoms with Gasteiger partial charge in [-0.2, -0.15) is 0 Å². The van der Waals surface area contributed by atoms with Gasteiger partial charge in [0.15, 0.2) is 0 Å². The molecular weight excluding hydrogens is 382 g/mol. The second-order valence-electron chi connectivity index (χ2n) is 7.24. The van der Waals surface area contributed by atoms with Crippen molar-refractivity contribution in [2.75, 3.05) is 6.61 Å². The molecule has 0 radical (unpaired) electrons. The smallest absolute Gasteiger partial charge is 0.353 e. The van der Waals surface area contributed by atoms with Crippen molar-refractivity contribution in [3.05, 3.63) is 69.6 Å². The molecule has 1 aromatic heterocycles. The van der Waals surface area contributed by atoms with Crippen molar-refractivity contribution >= 4 is 22.7 Å². The van der Waals surface area contributed by atoms with Crippen LogP contribution < -0.4 is 5.56 Å². The normalized spacial score (nSPS) is 10.9. The van der Waals surface area contributed by atoms with Gasteiger partial charge in [-0.25, -0.2) is 4.79 Å². The average Bonchev–Trinajstić information content (AvgIpc) is 2.71. The maximum atomic E-state index is 13.3. The maximum Gasteiger partial charge on any atom is 0.353 e. The van der Waals surface area contributed by atoms with E-state index >= 15 is 0 Å². The summed E-state index contributed by atoms with van der Waals surface area (Å²) in [5.74, 6) is -1.54. The van der Waals surface area contributed by atoms with Crippen LogP contribution in [0.4, 0.5) is 0 Å². The highest BCUT2D eigenvalue weighted by Crippen LogP contribution is 2.32. The quantitative estimate of drug-likeness (QED) is 0.589. The van der Waals surface area contributed by atoms with E-state index in [1.807, 2.05) is 56.3 Å². The fourth-order valence-electron chi connectivity index (χ4n) is 3.66. The molecule has 2 aromatic carbocycles. The predicted octanol–water partition coefficient (Wildman–Crippen LogP) is 4.33. The molecule has 0 bridgehead atoms. The van der Waals surface area contributed by atoms with E-state index in [0.29, 0.717) is 22.8 Å². The van der Waals surface area contributed by atoms with Gasteiger partial charge in [0, 0.05) is 23.9 Å². The zero-order valence-corrected chi connectivity index (χ0v) is 17.4. The number of carboxylic acids is 1. The highest BCUT2D eigenvalue weighted by molar-refractivity contribution is 6.06. The highest BCUT2D eigenvalue weighted by atomic mass is 16.5. The van der Waals surface area contributed by atoms with E-state index in [1.165, 1.54) is 4.57 Å². The number of pyridine rings is 1. The lowest BCUT2D eigenvalue weighted by Gasteiger charge is -2.18. The third kappa shape index (κ3) is 4.13. The predicted molar refractivity (Wildman–Crippen MR) is 116 cm³/mol. The number of nitrogens with zero attached hydrogens (tertiary/aromatic N) is 1. The Kier molecular flexibility index (Phi) is 6.35. The largest absolute Gasteiger partial charge is 0.477 e. The van der Waals surface area contributed by atoms with Crippen LogP contribution in [-0.4, -0.2) is 28.2 Å². The van der Waals surface area contributed by atoms with Crippen molar-refractivity contribution in [2.45, 2.75) is 40.2 Å². The number of hydrogen-bond acceptors (Lipinski definition) is 4. The Labute approximate surface area is 174 Å². The van der Waals surface area contributed by atoms with E-state index in [0.717, 1.165) is 16.7 Å². The van der Waals surface area contributed by atoms with Gasteiger partial charge in [-0.05, 0) is 55.3 Å². The number of aryl methyl sites for hydroxylation is 2. The minimum absolute atomic E-state index is 0.0641. The van der Waals surface area contributed by atoms with E-state index in [2.05, 4.69) is 0 Å². The molecular formula is C24H25NO5. The topological polar surface area (TPSA) is 85.6 Å². The molecule has 0 fully saturated rings. The van der Waals surface area contributed by atoms with Gasteiger partial charge in [-0.3, -0.25) is 9.59 Å². The second-order valence-corrected chi connectivity index (χ2v) is 7.24. The van der Waals surface area contributed by atoms with E-state index in [4.69, 9.17) is 4.74 Å². The number of fused-ring (bicyclic) bond motifs is 1. The standard InChI is InChI=1S/C24H25NO5/c1-4-30-20(26)11-8-12-25-22(24(28)29)21(17-9-6-5-7-10-17)18-13-15(2)16(3)14-19(18)23(25)27/h5-7,9-10,13-14H,4,8,11-12H2,1-3H3,(H,28,29). The Bertz CT molecular complexity index is 1160. The van der Waals surface area contributed by atoms with E-state index in [9.17, 15) is 19.5 Å². The van der Waals surface area contributed by atoms with Gasteiger partial charge >= 0.3 is 11.9 Å². The Morgan fingerprint density at radius 3 is 2.27 bits per heavy atom. The lowest BCUT2D eigenvalue weighted by atomic mass is 9.94. The third-order valence-electron chi connectivity index (χ3n) is 5.22. The van der Waals surface area contributed by atoms with Crippen LogP contribution in [0, 0.1) is 13.8 Å². The van der Waals surface area contributed by atoms with Crippen molar-refractivity contribution in [1.29, 1.82) is 0 Å². The molecule has 0 saturated carbocycles. The van der Waals surface area contributed by atoms with Crippen molar-refractivity contribution in [1.82, 2.24) is 4.57 Å². The van der Waals surface area contributed by atoms with Crippen LogP contribution in [0.2, 0.25) is 0 Å². The molecule has 1 heterocycles. The molecule has 0 aliphatic rings. The zero-order valence-electron chi connectivity index (χ0n) is 17.4. The lowest BCUT2D eigenvalue weighted by Crippen LogP contribution is -2.28. The number of aromatic carboxylic acids is 1. The average molecular weight is 407 g/mol.